The van der Waals surface area contributed by atoms with Crippen molar-refractivity contribution in [2.75, 3.05) is 0 Å². The van der Waals surface area contributed by atoms with Gasteiger partial charge in [0, 0.05) is 12.8 Å². The van der Waals surface area contributed by atoms with Gasteiger partial charge in [0.1, 0.15) is 0 Å². The molecule has 0 fully saturated rings. The molecule has 0 N–H and O–H groups in total. The van der Waals surface area contributed by atoms with Crippen LogP contribution in [0.25, 0.3) is 0 Å². The summed E-state index contributed by atoms with van der Waals surface area (Å²) in [5.41, 5.74) is 0. The van der Waals surface area contributed by atoms with Crippen molar-refractivity contribution >= 4 is 7.69 Å². The second kappa shape index (κ2) is 4.40. The van der Waals surface area contributed by atoms with Crippen LogP contribution < -0.4 is 0 Å². The number of hydrogen-bond acceptors (Lipinski definition) is 2. The molecule has 2 nitrogen and oxygen atoms in total. The van der Waals surface area contributed by atoms with E-state index < -0.39 is 0 Å². The zero-order valence-corrected chi connectivity index (χ0v) is 7.79. The Hall–Kier alpha value is -0.855. The summed E-state index contributed by atoms with van der Waals surface area (Å²) in [6, 6.07) is 0. The molecule has 0 bridgehead atoms. The van der Waals surface area contributed by atoms with E-state index in [1.54, 1.807) is 0 Å². The highest BCUT2D eigenvalue weighted by Gasteiger charge is 2.10. The van der Waals surface area contributed by atoms with Gasteiger partial charge in [0.15, 0.2) is 0 Å². The lowest BCUT2D eigenvalue weighted by Gasteiger charge is -2.06. The number of allylic oxidation sites excluding steroid dienone is 4. The molecule has 0 saturated carbocycles. The van der Waals surface area contributed by atoms with Crippen molar-refractivity contribution in [1.82, 2.24) is 0 Å². The molecule has 0 spiro atoms. The van der Waals surface area contributed by atoms with Crippen LogP contribution in [-0.4, -0.2) is 7.69 Å². The maximum Gasteiger partial charge on any atom is 0.657 e. The summed E-state index contributed by atoms with van der Waals surface area (Å²) in [5.74, 6) is 2.11. The van der Waals surface area contributed by atoms with Gasteiger partial charge >= 0.3 is 7.69 Å². The van der Waals surface area contributed by atoms with Crippen molar-refractivity contribution in [3.63, 3.8) is 0 Å². The average Bonchev–Trinajstić information content (AvgIpc) is 2.75. The summed E-state index contributed by atoms with van der Waals surface area (Å²) in [6.07, 6.45) is 11.1. The molecular formula is C10H14BO2. The minimum absolute atomic E-state index is 1.05. The van der Waals surface area contributed by atoms with Crippen molar-refractivity contribution in [2.24, 2.45) is 0 Å². The highest BCUT2D eigenvalue weighted by molar-refractivity contribution is 6.19. The van der Waals surface area contributed by atoms with E-state index in [1.165, 1.54) is 20.5 Å². The average molecular weight is 177 g/mol. The number of rotatable bonds is 4. The maximum atomic E-state index is 5.34. The van der Waals surface area contributed by atoms with Gasteiger partial charge in [-0.3, -0.25) is 0 Å². The summed E-state index contributed by atoms with van der Waals surface area (Å²) in [5, 5.41) is 0. The third-order valence-corrected chi connectivity index (χ3v) is 2.40. The molecule has 3 heteroatoms. The third-order valence-electron chi connectivity index (χ3n) is 2.40. The molecule has 69 valence electrons. The maximum absolute atomic E-state index is 5.34. The van der Waals surface area contributed by atoms with E-state index in [2.05, 4.69) is 12.2 Å². The highest BCUT2D eigenvalue weighted by atomic mass is 16.6. The summed E-state index contributed by atoms with van der Waals surface area (Å²) in [7, 11) is 1.47. The first-order valence-corrected chi connectivity index (χ1v) is 4.98. The first-order chi connectivity index (χ1) is 6.45. The van der Waals surface area contributed by atoms with E-state index in [1.807, 2.05) is 0 Å². The molecule has 0 aromatic carbocycles. The Morgan fingerprint density at radius 1 is 0.923 bits per heavy atom. The minimum atomic E-state index is 1.05. The van der Waals surface area contributed by atoms with Gasteiger partial charge < -0.3 is 9.31 Å². The molecule has 2 rings (SSSR count). The molecule has 13 heavy (non-hydrogen) atoms. The summed E-state index contributed by atoms with van der Waals surface area (Å²) in [4.78, 5) is 0. The SMILES string of the molecule is [B](OC1=CCCC1)OC1=CCCC1. The Labute approximate surface area is 79.9 Å². The van der Waals surface area contributed by atoms with Crippen LogP contribution in [0.1, 0.15) is 38.5 Å². The first-order valence-electron chi connectivity index (χ1n) is 4.98. The van der Waals surface area contributed by atoms with Crippen LogP contribution in [0.15, 0.2) is 23.7 Å². The molecule has 0 unspecified atom stereocenters. The second-order valence-electron chi connectivity index (χ2n) is 3.46. The van der Waals surface area contributed by atoms with Crippen molar-refractivity contribution < 1.29 is 9.31 Å². The second-order valence-corrected chi connectivity index (χ2v) is 3.46. The molecule has 0 atom stereocenters. The normalized spacial score (nSPS) is 20.9. The summed E-state index contributed by atoms with van der Waals surface area (Å²) in [6.45, 7) is 0. The largest absolute Gasteiger partial charge is 0.657 e. The predicted octanol–water partition coefficient (Wildman–Crippen LogP) is 2.69. The van der Waals surface area contributed by atoms with Crippen LogP contribution in [0.4, 0.5) is 0 Å². The van der Waals surface area contributed by atoms with Gasteiger partial charge in [-0.15, -0.1) is 0 Å². The Morgan fingerprint density at radius 2 is 1.46 bits per heavy atom. The van der Waals surface area contributed by atoms with Crippen LogP contribution >= 0.6 is 0 Å². The standard InChI is InChI=1S/C10H14BO2/c1-2-6-9(5-1)12-11-13-10-7-3-4-8-10/h5,7H,1-4,6,8H2. The van der Waals surface area contributed by atoms with Crippen LogP contribution in [0.2, 0.25) is 0 Å². The van der Waals surface area contributed by atoms with Crippen LogP contribution in [-0.2, 0) is 9.31 Å². The lowest BCUT2D eigenvalue weighted by Crippen LogP contribution is -2.02. The Balaban J connectivity index is 1.63. The Kier molecular flexibility index (Phi) is 2.96. The number of hydrogen-bond donors (Lipinski definition) is 0. The van der Waals surface area contributed by atoms with Crippen LogP contribution in [0, 0.1) is 0 Å². The first kappa shape index (κ1) is 8.73. The van der Waals surface area contributed by atoms with E-state index in [9.17, 15) is 0 Å². The summed E-state index contributed by atoms with van der Waals surface area (Å²) >= 11 is 0. The van der Waals surface area contributed by atoms with E-state index in [0.717, 1.165) is 37.2 Å². The van der Waals surface area contributed by atoms with Crippen LogP contribution in [0.3, 0.4) is 0 Å². The minimum Gasteiger partial charge on any atom is -0.530 e. The fraction of sp³-hybridized carbons (Fsp3) is 0.600. The molecule has 0 heterocycles. The molecule has 0 amide bonds. The van der Waals surface area contributed by atoms with E-state index >= 15 is 0 Å². The Bertz CT molecular complexity index is 209. The molecule has 1 radical (unpaired) electrons. The molecule has 0 aromatic rings. The zero-order valence-electron chi connectivity index (χ0n) is 7.79. The fourth-order valence-corrected chi connectivity index (χ4v) is 1.64. The van der Waals surface area contributed by atoms with Gasteiger partial charge in [0.05, 0.1) is 11.5 Å². The molecule has 0 aliphatic heterocycles. The Morgan fingerprint density at radius 3 is 1.85 bits per heavy atom. The van der Waals surface area contributed by atoms with Gasteiger partial charge in [-0.25, -0.2) is 0 Å². The molecule has 0 saturated heterocycles. The molecule has 0 aromatic heterocycles. The van der Waals surface area contributed by atoms with E-state index in [0.29, 0.717) is 0 Å². The highest BCUT2D eigenvalue weighted by Crippen LogP contribution is 2.20. The monoisotopic (exact) mass is 177 g/mol. The molecule has 2 aliphatic rings. The van der Waals surface area contributed by atoms with Gasteiger partial charge in [-0.2, -0.15) is 0 Å². The van der Waals surface area contributed by atoms with Gasteiger partial charge in [0.2, 0.25) is 0 Å². The van der Waals surface area contributed by atoms with Crippen molar-refractivity contribution in [1.29, 1.82) is 0 Å². The van der Waals surface area contributed by atoms with Gasteiger partial charge in [0.25, 0.3) is 0 Å². The smallest absolute Gasteiger partial charge is 0.530 e. The van der Waals surface area contributed by atoms with Gasteiger partial charge in [-0.1, -0.05) is 0 Å². The topological polar surface area (TPSA) is 18.5 Å². The lowest BCUT2D eigenvalue weighted by molar-refractivity contribution is 0.313. The van der Waals surface area contributed by atoms with Crippen LogP contribution in [0.5, 0.6) is 0 Å². The lowest BCUT2D eigenvalue weighted by atomic mass is 10.3. The van der Waals surface area contributed by atoms with Crippen molar-refractivity contribution in [3.8, 4) is 0 Å². The summed E-state index contributed by atoms with van der Waals surface area (Å²) < 4.78 is 10.7. The molecular weight excluding hydrogens is 163 g/mol. The fourth-order valence-electron chi connectivity index (χ4n) is 1.64. The van der Waals surface area contributed by atoms with Gasteiger partial charge in [-0.05, 0) is 37.8 Å². The zero-order chi connectivity index (χ0) is 8.93. The van der Waals surface area contributed by atoms with E-state index in [4.69, 9.17) is 9.31 Å². The van der Waals surface area contributed by atoms with Crippen molar-refractivity contribution in [3.05, 3.63) is 23.7 Å². The third kappa shape index (κ3) is 2.54. The van der Waals surface area contributed by atoms with Crippen molar-refractivity contribution in [2.45, 2.75) is 38.5 Å². The molecule has 2 aliphatic carbocycles. The van der Waals surface area contributed by atoms with E-state index in [-0.39, 0.29) is 0 Å². The quantitative estimate of drug-likeness (QED) is 0.614. The predicted molar refractivity (Wildman–Crippen MR) is 51.8 cm³/mol.